The second kappa shape index (κ2) is 9.02. The van der Waals surface area contributed by atoms with Gasteiger partial charge in [0.2, 0.25) is 0 Å². The molecule has 1 fully saturated rings. The van der Waals surface area contributed by atoms with Crippen molar-refractivity contribution in [3.05, 3.63) is 51.8 Å². The number of rotatable bonds is 6. The molecule has 1 aliphatic heterocycles. The molecule has 4 rings (SSSR count). The summed E-state index contributed by atoms with van der Waals surface area (Å²) in [6, 6.07) is 7.92. The van der Waals surface area contributed by atoms with Gasteiger partial charge < -0.3 is 15.0 Å². The van der Waals surface area contributed by atoms with Gasteiger partial charge in [-0.2, -0.15) is 0 Å². The zero-order valence-electron chi connectivity index (χ0n) is 17.8. The number of halogens is 4. The van der Waals surface area contributed by atoms with Gasteiger partial charge in [-0.05, 0) is 23.8 Å². The number of benzene rings is 2. The number of sulfone groups is 1. The number of hydrogen-bond acceptors (Lipinski definition) is 5. The van der Waals surface area contributed by atoms with Gasteiger partial charge in [-0.3, -0.25) is 0 Å². The molecule has 6 nitrogen and oxygen atoms in total. The first-order valence-corrected chi connectivity index (χ1v) is 12.9. The fraction of sp³-hybridized carbons (Fsp3) is 0.409. The van der Waals surface area contributed by atoms with E-state index in [1.165, 1.54) is 12.1 Å². The number of aliphatic hydroxyl groups excluding tert-OH is 1. The van der Waals surface area contributed by atoms with E-state index in [2.05, 4.69) is 9.97 Å². The van der Waals surface area contributed by atoms with Gasteiger partial charge in [0.1, 0.15) is 5.82 Å². The van der Waals surface area contributed by atoms with Crippen LogP contribution in [0, 0.1) is 0 Å². The van der Waals surface area contributed by atoms with E-state index in [9.17, 15) is 22.3 Å². The number of alkyl halides is 2. The Morgan fingerprint density at radius 2 is 1.85 bits per heavy atom. The Morgan fingerprint density at radius 3 is 2.42 bits per heavy atom. The minimum absolute atomic E-state index is 0.00437. The smallest absolute Gasteiger partial charge is 0.251 e. The van der Waals surface area contributed by atoms with E-state index >= 15 is 0 Å². The number of piperidine rings is 1. The third-order valence-electron chi connectivity index (χ3n) is 6.01. The summed E-state index contributed by atoms with van der Waals surface area (Å²) in [5.41, 5.74) is 2.13. The zero-order valence-corrected chi connectivity index (χ0v) is 20.1. The van der Waals surface area contributed by atoms with Gasteiger partial charge in [0.25, 0.3) is 5.92 Å². The highest BCUT2D eigenvalue weighted by atomic mass is 35.5. The van der Waals surface area contributed by atoms with Crippen LogP contribution in [0.25, 0.3) is 11.0 Å². The highest BCUT2D eigenvalue weighted by Crippen LogP contribution is 2.42. The normalized spacial score (nSPS) is 17.5. The number of nitrogens with one attached hydrogen (secondary N) is 1. The maximum absolute atomic E-state index is 13.6. The Hall–Kier alpha value is -1.94. The van der Waals surface area contributed by atoms with Gasteiger partial charge >= 0.3 is 0 Å². The van der Waals surface area contributed by atoms with E-state index in [4.69, 9.17) is 23.2 Å². The Kier molecular flexibility index (Phi) is 6.61. The van der Waals surface area contributed by atoms with E-state index < -0.39 is 21.7 Å². The standard InChI is InChI=1S/C22H23Cl2F2N3O3S/c1-2-33(31,32)14-5-3-13(4-6-14)15(12-30)21-27-17-11-16(23)20(18(24)19(17)28-21)29-9-7-22(25,26)8-10-29/h3-6,11,15,30H,2,7-10,12H2,1H3,(H,27,28)/t15-/m0/s1. The fourth-order valence-electron chi connectivity index (χ4n) is 4.03. The number of H-pyrrole nitrogens is 1. The second-order valence-corrected chi connectivity index (χ2v) is 11.2. The van der Waals surface area contributed by atoms with Crippen LogP contribution in [0.15, 0.2) is 35.2 Å². The van der Waals surface area contributed by atoms with E-state index in [0.29, 0.717) is 33.1 Å². The lowest BCUT2D eigenvalue weighted by molar-refractivity contribution is -0.0220. The van der Waals surface area contributed by atoms with Gasteiger partial charge in [-0.15, -0.1) is 0 Å². The SMILES string of the molecule is CCS(=O)(=O)c1ccc([C@H](CO)c2nc3cc(Cl)c(N4CCC(F)(F)CC4)c(Cl)c3[nH]2)cc1. The quantitative estimate of drug-likeness (QED) is 0.479. The molecule has 2 aromatic carbocycles. The van der Waals surface area contributed by atoms with Crippen LogP contribution in [0.5, 0.6) is 0 Å². The fourth-order valence-corrected chi connectivity index (χ4v) is 5.64. The predicted molar refractivity (Wildman–Crippen MR) is 126 cm³/mol. The second-order valence-electron chi connectivity index (χ2n) is 8.09. The average Bonchev–Trinajstić information content (AvgIpc) is 3.19. The van der Waals surface area contributed by atoms with E-state index in [-0.39, 0.29) is 48.2 Å². The van der Waals surface area contributed by atoms with Crippen LogP contribution in [0.2, 0.25) is 10.0 Å². The zero-order chi connectivity index (χ0) is 24.0. The van der Waals surface area contributed by atoms with Crippen LogP contribution in [0.3, 0.4) is 0 Å². The number of imidazole rings is 1. The average molecular weight is 518 g/mol. The summed E-state index contributed by atoms with van der Waals surface area (Å²) in [4.78, 5) is 9.63. The monoisotopic (exact) mass is 517 g/mol. The third-order valence-corrected chi connectivity index (χ3v) is 8.42. The van der Waals surface area contributed by atoms with Crippen molar-refractivity contribution in [2.24, 2.45) is 0 Å². The molecule has 178 valence electrons. The summed E-state index contributed by atoms with van der Waals surface area (Å²) in [7, 11) is -3.34. The molecule has 33 heavy (non-hydrogen) atoms. The summed E-state index contributed by atoms with van der Waals surface area (Å²) >= 11 is 13.1. The topological polar surface area (TPSA) is 86.3 Å². The molecule has 2 N–H and O–H groups in total. The summed E-state index contributed by atoms with van der Waals surface area (Å²) in [5, 5.41) is 10.6. The van der Waals surface area contributed by atoms with Crippen molar-refractivity contribution >= 4 is 49.8 Å². The van der Waals surface area contributed by atoms with Gasteiger partial charge in [0.15, 0.2) is 9.84 Å². The lowest BCUT2D eigenvalue weighted by Gasteiger charge is -2.34. The van der Waals surface area contributed by atoms with E-state index in [0.717, 1.165) is 0 Å². The number of aliphatic hydroxyl groups is 1. The minimum atomic E-state index is -3.34. The molecule has 0 unspecified atom stereocenters. The van der Waals surface area contributed by atoms with Gasteiger partial charge in [-0.1, -0.05) is 42.3 Å². The number of anilines is 1. The lowest BCUT2D eigenvalue weighted by Crippen LogP contribution is -2.39. The molecule has 1 aromatic heterocycles. The number of nitrogens with zero attached hydrogens (tertiary/aromatic N) is 2. The first-order valence-electron chi connectivity index (χ1n) is 10.5. The Bertz CT molecular complexity index is 1270. The van der Waals surface area contributed by atoms with E-state index in [1.54, 1.807) is 30.0 Å². The van der Waals surface area contributed by atoms with E-state index in [1.807, 2.05) is 0 Å². The number of fused-ring (bicyclic) bond motifs is 1. The molecule has 3 aromatic rings. The molecular weight excluding hydrogens is 495 g/mol. The van der Waals surface area contributed by atoms with Crippen molar-refractivity contribution < 1.29 is 22.3 Å². The van der Waals surface area contributed by atoms with Crippen LogP contribution in [0.1, 0.15) is 37.1 Å². The highest BCUT2D eigenvalue weighted by Gasteiger charge is 2.35. The van der Waals surface area contributed by atoms with Crippen molar-refractivity contribution in [2.75, 3.05) is 30.3 Å². The van der Waals surface area contributed by atoms with Crippen molar-refractivity contribution in [3.63, 3.8) is 0 Å². The predicted octanol–water partition coefficient (Wildman–Crippen LogP) is 5.02. The van der Waals surface area contributed by atoms with Crippen LogP contribution in [-0.2, 0) is 9.84 Å². The molecule has 0 aliphatic carbocycles. The third kappa shape index (κ3) is 4.69. The molecular formula is C22H23Cl2F2N3O3S. The summed E-state index contributed by atoms with van der Waals surface area (Å²) in [5.74, 6) is -2.82. The molecule has 11 heteroatoms. The van der Waals surface area contributed by atoms with Crippen molar-refractivity contribution in [2.45, 2.75) is 36.5 Å². The summed E-state index contributed by atoms with van der Waals surface area (Å²) < 4.78 is 51.3. The van der Waals surface area contributed by atoms with Gasteiger partial charge in [0, 0.05) is 25.9 Å². The Balaban J connectivity index is 1.69. The maximum Gasteiger partial charge on any atom is 0.251 e. The molecule has 1 atom stereocenters. The molecule has 1 aliphatic rings. The largest absolute Gasteiger partial charge is 0.395 e. The molecule has 0 amide bonds. The van der Waals surface area contributed by atoms with Crippen LogP contribution in [0.4, 0.5) is 14.5 Å². The van der Waals surface area contributed by atoms with Crippen molar-refractivity contribution in [1.82, 2.24) is 9.97 Å². The van der Waals surface area contributed by atoms with Crippen LogP contribution >= 0.6 is 23.2 Å². The number of hydrogen-bond donors (Lipinski definition) is 2. The molecule has 0 saturated carbocycles. The molecule has 1 saturated heterocycles. The maximum atomic E-state index is 13.6. The summed E-state index contributed by atoms with van der Waals surface area (Å²) in [6.07, 6.45) is -0.551. The highest BCUT2D eigenvalue weighted by molar-refractivity contribution is 7.91. The minimum Gasteiger partial charge on any atom is -0.395 e. The molecule has 0 radical (unpaired) electrons. The van der Waals surface area contributed by atoms with Crippen molar-refractivity contribution in [1.29, 1.82) is 0 Å². The Labute approximate surface area is 200 Å². The first-order chi connectivity index (χ1) is 15.6. The molecule has 0 spiro atoms. The van der Waals surface area contributed by atoms with Gasteiger partial charge in [-0.25, -0.2) is 22.2 Å². The lowest BCUT2D eigenvalue weighted by atomic mass is 9.99. The number of aromatic nitrogens is 2. The van der Waals surface area contributed by atoms with Crippen LogP contribution < -0.4 is 4.90 Å². The van der Waals surface area contributed by atoms with Crippen molar-refractivity contribution in [3.8, 4) is 0 Å². The first kappa shape index (κ1) is 24.2. The van der Waals surface area contributed by atoms with Crippen LogP contribution in [-0.4, -0.2) is 54.9 Å². The summed E-state index contributed by atoms with van der Waals surface area (Å²) in [6.45, 7) is 1.56. The molecule has 0 bridgehead atoms. The molecule has 2 heterocycles. The number of aromatic amines is 1. The Morgan fingerprint density at radius 1 is 1.21 bits per heavy atom. The van der Waals surface area contributed by atoms with Gasteiger partial charge in [0.05, 0.1) is 49.9 Å².